The topological polar surface area (TPSA) is 58.9 Å². The van der Waals surface area contributed by atoms with Crippen LogP contribution in [0.1, 0.15) is 13.3 Å². The summed E-state index contributed by atoms with van der Waals surface area (Å²) in [7, 11) is 0. The third-order valence-electron chi connectivity index (χ3n) is 1.94. The van der Waals surface area contributed by atoms with Crippen molar-refractivity contribution in [3.05, 3.63) is 0 Å². The Kier molecular flexibility index (Phi) is 3.70. The van der Waals surface area contributed by atoms with Crippen LogP contribution in [0.3, 0.4) is 0 Å². The van der Waals surface area contributed by atoms with E-state index in [0.717, 1.165) is 0 Å². The van der Waals surface area contributed by atoms with Crippen molar-refractivity contribution in [3.63, 3.8) is 0 Å². The summed E-state index contributed by atoms with van der Waals surface area (Å²) in [5, 5.41) is 18.9. The van der Waals surface area contributed by atoms with Gasteiger partial charge in [-0.2, -0.15) is 0 Å². The molecule has 0 saturated carbocycles. The standard InChI is InChI=1S/C9H14O4/c1-3-4-7(10)9-8(11)5-12-6(2)13-9/h1,6-11H,4-5H2,2H3/t6-,7+,8-,9+/m1/s1. The van der Waals surface area contributed by atoms with E-state index in [4.69, 9.17) is 15.9 Å². The molecule has 74 valence electrons. The smallest absolute Gasteiger partial charge is 0.155 e. The number of rotatable bonds is 2. The molecule has 0 spiro atoms. The molecular formula is C9H14O4. The van der Waals surface area contributed by atoms with Gasteiger partial charge in [-0.05, 0) is 6.92 Å². The van der Waals surface area contributed by atoms with Gasteiger partial charge in [0.05, 0.1) is 12.7 Å². The van der Waals surface area contributed by atoms with Gasteiger partial charge in [-0.15, -0.1) is 12.3 Å². The monoisotopic (exact) mass is 186 g/mol. The molecule has 2 N–H and O–H groups in total. The summed E-state index contributed by atoms with van der Waals surface area (Å²) in [5.74, 6) is 2.32. The van der Waals surface area contributed by atoms with Crippen LogP contribution in [0.2, 0.25) is 0 Å². The third-order valence-corrected chi connectivity index (χ3v) is 1.94. The van der Waals surface area contributed by atoms with Crippen molar-refractivity contribution in [2.24, 2.45) is 0 Å². The Morgan fingerprint density at radius 1 is 1.69 bits per heavy atom. The summed E-state index contributed by atoms with van der Waals surface area (Å²) < 4.78 is 10.2. The first kappa shape index (κ1) is 10.5. The molecule has 0 aromatic carbocycles. The molecular weight excluding hydrogens is 172 g/mol. The van der Waals surface area contributed by atoms with E-state index in [2.05, 4.69) is 5.92 Å². The molecule has 4 heteroatoms. The molecule has 0 bridgehead atoms. The average Bonchev–Trinajstić information content (AvgIpc) is 2.09. The van der Waals surface area contributed by atoms with Gasteiger partial charge in [0.1, 0.15) is 12.2 Å². The van der Waals surface area contributed by atoms with E-state index >= 15 is 0 Å². The molecule has 1 aliphatic rings. The predicted molar refractivity (Wildman–Crippen MR) is 45.8 cm³/mol. The highest BCUT2D eigenvalue weighted by atomic mass is 16.7. The van der Waals surface area contributed by atoms with Crippen molar-refractivity contribution in [3.8, 4) is 12.3 Å². The fraction of sp³-hybridized carbons (Fsp3) is 0.778. The highest BCUT2D eigenvalue weighted by molar-refractivity contribution is 4.92. The van der Waals surface area contributed by atoms with Gasteiger partial charge >= 0.3 is 0 Å². The number of aliphatic hydroxyl groups excluding tert-OH is 2. The lowest BCUT2D eigenvalue weighted by atomic mass is 10.1. The summed E-state index contributed by atoms with van der Waals surface area (Å²) in [6, 6.07) is 0. The minimum absolute atomic E-state index is 0.174. The Balaban J connectivity index is 2.50. The zero-order valence-corrected chi connectivity index (χ0v) is 7.51. The number of ether oxygens (including phenoxy) is 2. The van der Waals surface area contributed by atoms with Gasteiger partial charge in [-0.3, -0.25) is 0 Å². The van der Waals surface area contributed by atoms with Crippen LogP contribution in [0.4, 0.5) is 0 Å². The second-order valence-corrected chi connectivity index (χ2v) is 3.04. The molecule has 4 atom stereocenters. The number of hydrogen-bond acceptors (Lipinski definition) is 4. The lowest BCUT2D eigenvalue weighted by molar-refractivity contribution is -0.263. The van der Waals surface area contributed by atoms with Gasteiger partial charge < -0.3 is 19.7 Å². The average molecular weight is 186 g/mol. The minimum atomic E-state index is -0.827. The molecule has 1 saturated heterocycles. The van der Waals surface area contributed by atoms with E-state index in [1.165, 1.54) is 0 Å². The van der Waals surface area contributed by atoms with Crippen molar-refractivity contribution < 1.29 is 19.7 Å². The second kappa shape index (κ2) is 4.58. The van der Waals surface area contributed by atoms with Gasteiger partial charge in [-0.25, -0.2) is 0 Å². The first-order valence-electron chi connectivity index (χ1n) is 4.21. The molecule has 0 amide bonds. The summed E-state index contributed by atoms with van der Waals surface area (Å²) in [6.45, 7) is 1.88. The fourth-order valence-electron chi connectivity index (χ4n) is 1.26. The molecule has 1 fully saturated rings. The quantitative estimate of drug-likeness (QED) is 0.570. The Labute approximate surface area is 77.5 Å². The Hall–Kier alpha value is -0.600. The van der Waals surface area contributed by atoms with Crippen molar-refractivity contribution in [2.75, 3.05) is 6.61 Å². The minimum Gasteiger partial charge on any atom is -0.389 e. The zero-order valence-electron chi connectivity index (χ0n) is 7.51. The third kappa shape index (κ3) is 2.68. The van der Waals surface area contributed by atoms with Gasteiger partial charge in [0.15, 0.2) is 6.29 Å². The van der Waals surface area contributed by atoms with Crippen LogP contribution in [0, 0.1) is 12.3 Å². The lowest BCUT2D eigenvalue weighted by Crippen LogP contribution is -2.48. The molecule has 0 radical (unpaired) electrons. The van der Waals surface area contributed by atoms with Gasteiger partial charge in [-0.1, -0.05) is 0 Å². The molecule has 1 rings (SSSR count). The van der Waals surface area contributed by atoms with E-state index in [1.54, 1.807) is 6.92 Å². The Morgan fingerprint density at radius 2 is 2.38 bits per heavy atom. The van der Waals surface area contributed by atoms with Crippen LogP contribution in [0.15, 0.2) is 0 Å². The van der Waals surface area contributed by atoms with E-state index in [9.17, 15) is 10.2 Å². The molecule has 0 aromatic rings. The second-order valence-electron chi connectivity index (χ2n) is 3.04. The summed E-state index contributed by atoms with van der Waals surface area (Å²) in [6.07, 6.45) is 2.54. The number of aliphatic hydroxyl groups is 2. The predicted octanol–water partition coefficient (Wildman–Crippen LogP) is -0.507. The van der Waals surface area contributed by atoms with Crippen molar-refractivity contribution >= 4 is 0 Å². The van der Waals surface area contributed by atoms with Crippen molar-refractivity contribution in [2.45, 2.75) is 37.9 Å². The van der Waals surface area contributed by atoms with E-state index in [1.807, 2.05) is 0 Å². The SMILES string of the molecule is C#CC[C@H](O)[C@@H]1O[C@H](C)OC[C@H]1O. The maximum atomic E-state index is 9.48. The molecule has 0 unspecified atom stereocenters. The number of hydrogen-bond donors (Lipinski definition) is 2. The molecule has 1 aliphatic heterocycles. The van der Waals surface area contributed by atoms with Crippen LogP contribution < -0.4 is 0 Å². The number of terminal acetylenes is 1. The van der Waals surface area contributed by atoms with Crippen molar-refractivity contribution in [1.29, 1.82) is 0 Å². The van der Waals surface area contributed by atoms with Gasteiger partial charge in [0.2, 0.25) is 0 Å². The van der Waals surface area contributed by atoms with E-state index in [-0.39, 0.29) is 13.0 Å². The highest BCUT2D eigenvalue weighted by Crippen LogP contribution is 2.17. The zero-order chi connectivity index (χ0) is 9.84. The Bertz CT molecular complexity index is 198. The van der Waals surface area contributed by atoms with E-state index < -0.39 is 24.6 Å². The maximum Gasteiger partial charge on any atom is 0.155 e. The normalized spacial score (nSPS) is 36.6. The van der Waals surface area contributed by atoms with Crippen molar-refractivity contribution in [1.82, 2.24) is 0 Å². The van der Waals surface area contributed by atoms with Gasteiger partial charge in [0, 0.05) is 6.42 Å². The van der Waals surface area contributed by atoms with Crippen LogP contribution >= 0.6 is 0 Å². The van der Waals surface area contributed by atoms with Crippen LogP contribution in [0.5, 0.6) is 0 Å². The summed E-state index contributed by atoms with van der Waals surface area (Å²) >= 11 is 0. The van der Waals surface area contributed by atoms with Crippen LogP contribution in [-0.2, 0) is 9.47 Å². The van der Waals surface area contributed by atoms with Gasteiger partial charge in [0.25, 0.3) is 0 Å². The first-order valence-corrected chi connectivity index (χ1v) is 4.21. The highest BCUT2D eigenvalue weighted by Gasteiger charge is 2.33. The van der Waals surface area contributed by atoms with E-state index in [0.29, 0.717) is 0 Å². The molecule has 0 aromatic heterocycles. The first-order chi connectivity index (χ1) is 6.15. The van der Waals surface area contributed by atoms with Crippen LogP contribution in [0.25, 0.3) is 0 Å². The molecule has 1 heterocycles. The molecule has 0 aliphatic carbocycles. The summed E-state index contributed by atoms with van der Waals surface area (Å²) in [5.41, 5.74) is 0. The molecule has 13 heavy (non-hydrogen) atoms. The molecule has 4 nitrogen and oxygen atoms in total. The van der Waals surface area contributed by atoms with Crippen LogP contribution in [-0.4, -0.2) is 41.4 Å². The fourth-order valence-corrected chi connectivity index (χ4v) is 1.26. The lowest BCUT2D eigenvalue weighted by Gasteiger charge is -2.34. The maximum absolute atomic E-state index is 9.48. The largest absolute Gasteiger partial charge is 0.389 e. The summed E-state index contributed by atoms with van der Waals surface area (Å²) in [4.78, 5) is 0. The Morgan fingerprint density at radius 3 is 3.00 bits per heavy atom.